The third-order valence-electron chi connectivity index (χ3n) is 3.66. The lowest BCUT2D eigenvalue weighted by Gasteiger charge is -2.25. The van der Waals surface area contributed by atoms with E-state index < -0.39 is 5.60 Å². The molecule has 1 aromatic heterocycles. The summed E-state index contributed by atoms with van der Waals surface area (Å²) >= 11 is 5.96. The number of anilines is 2. The van der Waals surface area contributed by atoms with Crippen molar-refractivity contribution in [1.82, 2.24) is 4.98 Å². The fourth-order valence-corrected chi connectivity index (χ4v) is 2.89. The fourth-order valence-electron chi connectivity index (χ4n) is 2.74. The predicted octanol–water partition coefficient (Wildman–Crippen LogP) is 2.08. The molecule has 0 bridgehead atoms. The molecule has 19 heavy (non-hydrogen) atoms. The Balaban J connectivity index is 2.19. The summed E-state index contributed by atoms with van der Waals surface area (Å²) in [6, 6.07) is 7.19. The average molecular weight is 276 g/mol. The molecule has 0 radical (unpaired) electrons. The van der Waals surface area contributed by atoms with Gasteiger partial charge in [0.25, 0.3) is 0 Å². The van der Waals surface area contributed by atoms with Crippen LogP contribution in [-0.2, 0) is 12.0 Å². The van der Waals surface area contributed by atoms with E-state index in [9.17, 15) is 5.11 Å². The number of pyridine rings is 1. The topological polar surface area (TPSA) is 85.2 Å². The lowest BCUT2D eigenvalue weighted by atomic mass is 9.88. The quantitative estimate of drug-likeness (QED) is 0.696. The molecular weight excluding hydrogens is 262 g/mol. The molecule has 1 heterocycles. The van der Waals surface area contributed by atoms with Gasteiger partial charge >= 0.3 is 0 Å². The number of aliphatic hydroxyl groups is 1. The van der Waals surface area contributed by atoms with Crippen molar-refractivity contribution in [2.24, 2.45) is 0 Å². The molecule has 98 valence electrons. The van der Waals surface area contributed by atoms with Crippen LogP contribution in [0.5, 0.6) is 0 Å². The molecule has 1 unspecified atom stereocenters. The number of halogens is 1. The molecule has 2 aromatic rings. The largest absolute Gasteiger partial charge is 0.399 e. The summed E-state index contributed by atoms with van der Waals surface area (Å²) in [7, 11) is 0. The lowest BCUT2D eigenvalue weighted by molar-refractivity contribution is 0.0834. The highest BCUT2D eigenvalue weighted by Gasteiger charge is 2.40. The zero-order valence-corrected chi connectivity index (χ0v) is 11.0. The number of hydrogen-bond acceptors (Lipinski definition) is 4. The molecule has 5 heteroatoms. The Morgan fingerprint density at radius 2 is 2.00 bits per heavy atom. The Hall–Kier alpha value is -1.78. The Morgan fingerprint density at radius 1 is 1.21 bits per heavy atom. The van der Waals surface area contributed by atoms with Gasteiger partial charge in [-0.3, -0.25) is 0 Å². The highest BCUT2D eigenvalue weighted by atomic mass is 35.5. The van der Waals surface area contributed by atoms with E-state index in [1.807, 2.05) is 12.1 Å². The monoisotopic (exact) mass is 275 g/mol. The van der Waals surface area contributed by atoms with Gasteiger partial charge in [-0.15, -0.1) is 0 Å². The van der Waals surface area contributed by atoms with Gasteiger partial charge in [-0.1, -0.05) is 17.7 Å². The van der Waals surface area contributed by atoms with Gasteiger partial charge in [-0.25, -0.2) is 4.98 Å². The SMILES string of the molecule is Nc1ccc2c(c1)CCC2(O)c1cc(Cl)cnc1N. The van der Waals surface area contributed by atoms with E-state index in [1.54, 1.807) is 12.1 Å². The molecular formula is C14H14ClN3O. The first-order chi connectivity index (χ1) is 9.00. The number of fused-ring (bicyclic) bond motifs is 1. The number of hydrogen-bond donors (Lipinski definition) is 3. The van der Waals surface area contributed by atoms with E-state index >= 15 is 0 Å². The smallest absolute Gasteiger partial charge is 0.129 e. The van der Waals surface area contributed by atoms with Crippen LogP contribution in [0.3, 0.4) is 0 Å². The Bertz CT molecular complexity index is 659. The Labute approximate surface area is 116 Å². The summed E-state index contributed by atoms with van der Waals surface area (Å²) in [4.78, 5) is 4.02. The van der Waals surface area contributed by atoms with Crippen LogP contribution in [0.4, 0.5) is 11.5 Å². The van der Waals surface area contributed by atoms with Gasteiger partial charge in [0.1, 0.15) is 11.4 Å². The van der Waals surface area contributed by atoms with Crippen molar-refractivity contribution >= 4 is 23.1 Å². The maximum atomic E-state index is 11.0. The van der Waals surface area contributed by atoms with Crippen LogP contribution in [0.25, 0.3) is 0 Å². The van der Waals surface area contributed by atoms with E-state index in [0.717, 1.165) is 17.5 Å². The number of nitrogens with two attached hydrogens (primary N) is 2. The normalized spacial score (nSPS) is 21.4. The molecule has 0 amide bonds. The highest BCUT2D eigenvalue weighted by molar-refractivity contribution is 6.30. The third kappa shape index (κ3) is 1.84. The molecule has 5 N–H and O–H groups in total. The zero-order valence-electron chi connectivity index (χ0n) is 10.2. The van der Waals surface area contributed by atoms with E-state index in [-0.39, 0.29) is 0 Å². The van der Waals surface area contributed by atoms with E-state index in [4.69, 9.17) is 23.1 Å². The van der Waals surface area contributed by atoms with Gasteiger partial charge in [0.05, 0.1) is 5.02 Å². The van der Waals surface area contributed by atoms with E-state index in [1.165, 1.54) is 6.20 Å². The van der Waals surface area contributed by atoms with Crippen molar-refractivity contribution in [2.45, 2.75) is 18.4 Å². The summed E-state index contributed by atoms with van der Waals surface area (Å²) in [6.45, 7) is 0. The van der Waals surface area contributed by atoms with E-state index in [2.05, 4.69) is 4.98 Å². The number of aromatic nitrogens is 1. The minimum atomic E-state index is -1.13. The standard InChI is InChI=1S/C14H14ClN3O/c15-9-6-12(13(17)18-7-9)14(19)4-3-8-5-10(16)1-2-11(8)14/h1-2,5-7,19H,3-4,16H2,(H2,17,18). The van der Waals surface area contributed by atoms with E-state index in [0.29, 0.717) is 28.5 Å². The molecule has 1 atom stereocenters. The first-order valence-electron chi connectivity index (χ1n) is 6.03. The number of benzene rings is 1. The Morgan fingerprint density at radius 3 is 2.79 bits per heavy atom. The molecule has 0 spiro atoms. The number of nitrogens with zero attached hydrogens (tertiary/aromatic N) is 1. The van der Waals surface area contributed by atoms with Crippen LogP contribution in [0.2, 0.25) is 5.02 Å². The molecule has 0 saturated carbocycles. The predicted molar refractivity (Wildman–Crippen MR) is 75.8 cm³/mol. The first kappa shape index (κ1) is 12.3. The maximum absolute atomic E-state index is 11.0. The molecule has 0 aliphatic heterocycles. The molecule has 1 aliphatic carbocycles. The molecule has 3 rings (SSSR count). The molecule has 4 nitrogen and oxygen atoms in total. The van der Waals surface area contributed by atoms with Crippen LogP contribution >= 0.6 is 11.6 Å². The first-order valence-corrected chi connectivity index (χ1v) is 6.41. The van der Waals surface area contributed by atoms with Crippen molar-refractivity contribution in [3.05, 3.63) is 52.2 Å². The van der Waals surface area contributed by atoms with Crippen molar-refractivity contribution < 1.29 is 5.11 Å². The van der Waals surface area contributed by atoms with Gasteiger partial charge < -0.3 is 16.6 Å². The van der Waals surface area contributed by atoms with Crippen molar-refractivity contribution in [3.63, 3.8) is 0 Å². The summed E-state index contributed by atoms with van der Waals surface area (Å²) < 4.78 is 0. The van der Waals surface area contributed by atoms with Crippen molar-refractivity contribution in [1.29, 1.82) is 0 Å². The molecule has 1 aliphatic rings. The number of nitrogen functional groups attached to an aromatic ring is 2. The zero-order chi connectivity index (χ0) is 13.6. The second kappa shape index (κ2) is 4.11. The summed E-state index contributed by atoms with van der Waals surface area (Å²) in [5, 5.41) is 11.5. The summed E-state index contributed by atoms with van der Waals surface area (Å²) in [6.07, 6.45) is 2.78. The van der Waals surface area contributed by atoms with Crippen molar-refractivity contribution in [3.8, 4) is 0 Å². The summed E-state index contributed by atoms with van der Waals surface area (Å²) in [5.74, 6) is 0.302. The molecule has 0 fully saturated rings. The number of rotatable bonds is 1. The maximum Gasteiger partial charge on any atom is 0.129 e. The van der Waals surface area contributed by atoms with Crippen LogP contribution in [-0.4, -0.2) is 10.1 Å². The van der Waals surface area contributed by atoms with Gasteiger partial charge in [-0.2, -0.15) is 0 Å². The van der Waals surface area contributed by atoms with Gasteiger partial charge in [0, 0.05) is 17.4 Å². The van der Waals surface area contributed by atoms with Crippen LogP contribution in [0, 0.1) is 0 Å². The lowest BCUT2D eigenvalue weighted by Crippen LogP contribution is -2.25. The van der Waals surface area contributed by atoms with Gasteiger partial charge in [-0.05, 0) is 42.2 Å². The molecule has 1 aromatic carbocycles. The average Bonchev–Trinajstić information content (AvgIpc) is 2.70. The minimum Gasteiger partial charge on any atom is -0.399 e. The van der Waals surface area contributed by atoms with Crippen LogP contribution in [0.1, 0.15) is 23.1 Å². The van der Waals surface area contributed by atoms with Gasteiger partial charge in [0.15, 0.2) is 0 Å². The van der Waals surface area contributed by atoms with Crippen LogP contribution < -0.4 is 11.5 Å². The third-order valence-corrected chi connectivity index (χ3v) is 3.87. The minimum absolute atomic E-state index is 0.302. The van der Waals surface area contributed by atoms with Crippen molar-refractivity contribution in [2.75, 3.05) is 11.5 Å². The number of aryl methyl sites for hydroxylation is 1. The highest BCUT2D eigenvalue weighted by Crippen LogP contribution is 2.44. The fraction of sp³-hybridized carbons (Fsp3) is 0.214. The van der Waals surface area contributed by atoms with Crippen LogP contribution in [0.15, 0.2) is 30.5 Å². The summed E-state index contributed by atoms with van der Waals surface area (Å²) in [5.41, 5.74) is 13.7. The van der Waals surface area contributed by atoms with Gasteiger partial charge in [0.2, 0.25) is 0 Å². The molecule has 0 saturated heterocycles. The Kier molecular flexibility index (Phi) is 2.66. The second-order valence-corrected chi connectivity index (χ2v) is 5.30. The second-order valence-electron chi connectivity index (χ2n) is 4.86.